The molecule has 5 heteroatoms. The first kappa shape index (κ1) is 17.8. The quantitative estimate of drug-likeness (QED) is 0.476. The van der Waals surface area contributed by atoms with Gasteiger partial charge in [0.2, 0.25) is 0 Å². The molecule has 134 valence electrons. The number of piperazine rings is 1. The van der Waals surface area contributed by atoms with Crippen LogP contribution in [0.25, 0.3) is 0 Å². The highest BCUT2D eigenvalue weighted by atomic mass is 16.5. The van der Waals surface area contributed by atoms with Crippen molar-refractivity contribution in [1.82, 2.24) is 0 Å². The highest BCUT2D eigenvalue weighted by molar-refractivity contribution is 5.31. The fraction of sp³-hybridized carbons (Fsp3) is 0.684. The first-order valence-electron chi connectivity index (χ1n) is 9.41. The van der Waals surface area contributed by atoms with Crippen molar-refractivity contribution in [3.05, 3.63) is 35.4 Å². The summed E-state index contributed by atoms with van der Waals surface area (Å²) in [4.78, 5) is 2.93. The molecule has 1 aliphatic heterocycles. The van der Waals surface area contributed by atoms with Crippen LogP contribution in [-0.4, -0.2) is 68.8 Å². The van der Waals surface area contributed by atoms with Gasteiger partial charge in [-0.05, 0) is 30.4 Å². The summed E-state index contributed by atoms with van der Waals surface area (Å²) >= 11 is 0. The van der Waals surface area contributed by atoms with Crippen LogP contribution in [0.15, 0.2) is 24.3 Å². The Hall–Kier alpha value is -0.980. The van der Waals surface area contributed by atoms with Crippen LogP contribution in [0.1, 0.15) is 30.1 Å². The van der Waals surface area contributed by atoms with E-state index in [0.29, 0.717) is 6.61 Å². The number of benzene rings is 1. The minimum Gasteiger partial charge on any atom is -0.391 e. The molecule has 1 aliphatic carbocycles. The van der Waals surface area contributed by atoms with Gasteiger partial charge in [-0.25, -0.2) is 0 Å². The normalized spacial score (nSPS) is 28.3. The molecule has 24 heavy (non-hydrogen) atoms. The van der Waals surface area contributed by atoms with Crippen molar-refractivity contribution < 1.29 is 24.7 Å². The number of aryl methyl sites for hydroxylation is 1. The van der Waals surface area contributed by atoms with E-state index in [4.69, 9.17) is 9.84 Å². The average molecular weight is 336 g/mol. The summed E-state index contributed by atoms with van der Waals surface area (Å²) in [5.41, 5.74) is 2.71. The molecule has 4 N–H and O–H groups in total. The van der Waals surface area contributed by atoms with Gasteiger partial charge in [-0.1, -0.05) is 24.3 Å². The van der Waals surface area contributed by atoms with Gasteiger partial charge in [0.05, 0.1) is 19.3 Å². The molecule has 1 aromatic rings. The molecule has 1 fully saturated rings. The molecule has 3 rings (SSSR count). The number of hydrogen-bond acceptors (Lipinski definition) is 3. The monoisotopic (exact) mass is 336 g/mol. The Balaban J connectivity index is 1.41. The molecule has 0 amide bonds. The van der Waals surface area contributed by atoms with Crippen LogP contribution in [0, 0.1) is 0 Å². The molecule has 5 nitrogen and oxygen atoms in total. The third kappa shape index (κ3) is 4.77. The van der Waals surface area contributed by atoms with Gasteiger partial charge in [-0.2, -0.15) is 0 Å². The SMILES string of the molecule is OCC[NH+]1CC[NH+](C[C@H](O)CO[C@@H]2CCCc3ccccc32)CC1. The minimum atomic E-state index is -0.395. The van der Waals surface area contributed by atoms with Gasteiger partial charge in [-0.15, -0.1) is 0 Å². The lowest BCUT2D eigenvalue weighted by Crippen LogP contribution is -3.28. The molecule has 1 saturated heterocycles. The van der Waals surface area contributed by atoms with Gasteiger partial charge in [0.1, 0.15) is 45.4 Å². The van der Waals surface area contributed by atoms with Crippen LogP contribution < -0.4 is 9.80 Å². The zero-order valence-electron chi connectivity index (χ0n) is 14.5. The lowest BCUT2D eigenvalue weighted by Gasteiger charge is -2.31. The van der Waals surface area contributed by atoms with Gasteiger partial charge in [0, 0.05) is 0 Å². The number of ether oxygens (including phenoxy) is 1. The van der Waals surface area contributed by atoms with Crippen molar-refractivity contribution in [3.8, 4) is 0 Å². The number of aliphatic hydroxyl groups is 2. The van der Waals surface area contributed by atoms with E-state index in [-0.39, 0.29) is 12.7 Å². The van der Waals surface area contributed by atoms with Crippen molar-refractivity contribution in [2.24, 2.45) is 0 Å². The molecule has 2 aliphatic rings. The number of rotatable bonds is 7. The molecule has 0 saturated carbocycles. The van der Waals surface area contributed by atoms with Crippen LogP contribution in [0.4, 0.5) is 0 Å². The van der Waals surface area contributed by atoms with Gasteiger partial charge in [0.15, 0.2) is 0 Å². The van der Waals surface area contributed by atoms with Crippen LogP contribution >= 0.6 is 0 Å². The first-order valence-corrected chi connectivity index (χ1v) is 9.41. The number of hydrogen-bond donors (Lipinski definition) is 4. The molecule has 2 atom stereocenters. The summed E-state index contributed by atoms with van der Waals surface area (Å²) in [5, 5.41) is 19.4. The Morgan fingerprint density at radius 1 is 1.12 bits per heavy atom. The third-order valence-electron chi connectivity index (χ3n) is 5.46. The summed E-state index contributed by atoms with van der Waals surface area (Å²) in [6, 6.07) is 8.53. The summed E-state index contributed by atoms with van der Waals surface area (Å²) in [5.74, 6) is 0. The lowest BCUT2D eigenvalue weighted by molar-refractivity contribution is -1.01. The van der Waals surface area contributed by atoms with Gasteiger partial charge in [0.25, 0.3) is 0 Å². The van der Waals surface area contributed by atoms with Crippen LogP contribution in [-0.2, 0) is 11.2 Å². The summed E-state index contributed by atoms with van der Waals surface area (Å²) < 4.78 is 6.07. The molecular weight excluding hydrogens is 304 g/mol. The van der Waals surface area contributed by atoms with Crippen LogP contribution in [0.3, 0.4) is 0 Å². The molecule has 1 heterocycles. The van der Waals surface area contributed by atoms with E-state index in [1.165, 1.54) is 27.3 Å². The molecule has 0 aromatic heterocycles. The highest BCUT2D eigenvalue weighted by Gasteiger charge is 2.26. The number of nitrogens with one attached hydrogen (secondary N) is 2. The van der Waals surface area contributed by atoms with E-state index in [1.807, 2.05) is 0 Å². The minimum absolute atomic E-state index is 0.144. The van der Waals surface area contributed by atoms with Crippen molar-refractivity contribution in [1.29, 1.82) is 0 Å². The largest absolute Gasteiger partial charge is 0.391 e. The Labute approximate surface area is 144 Å². The van der Waals surface area contributed by atoms with E-state index in [2.05, 4.69) is 24.3 Å². The van der Waals surface area contributed by atoms with Gasteiger partial charge < -0.3 is 24.7 Å². The predicted octanol–water partition coefficient (Wildman–Crippen LogP) is -1.78. The highest BCUT2D eigenvalue weighted by Crippen LogP contribution is 2.32. The molecule has 0 radical (unpaired) electrons. The number of fused-ring (bicyclic) bond motifs is 1. The summed E-state index contributed by atoms with van der Waals surface area (Å²) in [6.07, 6.45) is 3.11. The van der Waals surface area contributed by atoms with Gasteiger partial charge in [-0.3, -0.25) is 0 Å². The molecular formula is C19H32N2O3+2. The zero-order valence-corrected chi connectivity index (χ0v) is 14.5. The molecule has 1 aromatic carbocycles. The van der Waals surface area contributed by atoms with Crippen LogP contribution in [0.2, 0.25) is 0 Å². The molecule has 0 bridgehead atoms. The van der Waals surface area contributed by atoms with Gasteiger partial charge >= 0.3 is 0 Å². The number of aliphatic hydroxyl groups excluding tert-OH is 2. The lowest BCUT2D eigenvalue weighted by atomic mass is 9.89. The van der Waals surface area contributed by atoms with Crippen molar-refractivity contribution in [2.45, 2.75) is 31.5 Å². The third-order valence-corrected chi connectivity index (χ3v) is 5.46. The van der Waals surface area contributed by atoms with E-state index in [1.54, 1.807) is 0 Å². The maximum absolute atomic E-state index is 10.4. The Bertz CT molecular complexity index is 503. The van der Waals surface area contributed by atoms with Crippen LogP contribution in [0.5, 0.6) is 0 Å². The van der Waals surface area contributed by atoms with E-state index < -0.39 is 6.10 Å². The first-order chi connectivity index (χ1) is 11.8. The fourth-order valence-corrected chi connectivity index (χ4v) is 4.07. The Kier molecular flexibility index (Phi) is 6.63. The van der Waals surface area contributed by atoms with Crippen molar-refractivity contribution in [2.75, 3.05) is 52.5 Å². The zero-order chi connectivity index (χ0) is 16.8. The maximum atomic E-state index is 10.4. The maximum Gasteiger partial charge on any atom is 0.127 e. The van der Waals surface area contributed by atoms with E-state index in [9.17, 15) is 5.11 Å². The summed E-state index contributed by atoms with van der Waals surface area (Å²) in [7, 11) is 0. The average Bonchev–Trinajstić information content (AvgIpc) is 2.62. The predicted molar refractivity (Wildman–Crippen MR) is 92.3 cm³/mol. The second-order valence-corrected chi connectivity index (χ2v) is 7.24. The second kappa shape index (κ2) is 8.92. The number of quaternary nitrogens is 2. The second-order valence-electron chi connectivity index (χ2n) is 7.24. The Morgan fingerprint density at radius 2 is 1.88 bits per heavy atom. The Morgan fingerprint density at radius 3 is 2.67 bits per heavy atom. The molecule has 0 unspecified atom stereocenters. The van der Waals surface area contributed by atoms with Crippen molar-refractivity contribution >= 4 is 0 Å². The van der Waals surface area contributed by atoms with E-state index in [0.717, 1.165) is 52.1 Å². The topological polar surface area (TPSA) is 58.6 Å². The molecule has 0 spiro atoms. The van der Waals surface area contributed by atoms with E-state index >= 15 is 0 Å². The fourth-order valence-electron chi connectivity index (χ4n) is 4.07. The smallest absolute Gasteiger partial charge is 0.127 e. The van der Waals surface area contributed by atoms with Crippen molar-refractivity contribution in [3.63, 3.8) is 0 Å². The standard InChI is InChI=1S/C19H30N2O3/c22-13-12-20-8-10-21(11-9-20)14-17(23)15-24-19-7-3-5-16-4-1-2-6-18(16)19/h1-2,4,6,17,19,22-23H,3,5,7-15H2/p+2/t17-,19+/m0/s1. The summed E-state index contributed by atoms with van der Waals surface area (Å²) in [6.45, 7) is 6.61.